The molecule has 15 aromatic carbocycles. The SMILES string of the molecule is c1ccc(-c2ccc3c(c2)Oc2cc(-c4ccc5c(c4)c4ccccc4n5-c4cc5cccc6c7c(c8cccc4c8c56)C(c4ccccc4)(c4ccccc4)c4ccccc4-7)ccc2N3c2ccc(-c3cccc4ccccc34)cc2)cc1. The maximum absolute atomic E-state index is 7.07. The zero-order valence-electron chi connectivity index (χ0n) is 45.7. The molecular weight excluding hydrogens is 1020 g/mol. The van der Waals surface area contributed by atoms with Crippen LogP contribution in [0.15, 0.2) is 303 Å². The van der Waals surface area contributed by atoms with Gasteiger partial charge in [-0.1, -0.05) is 243 Å². The van der Waals surface area contributed by atoms with E-state index in [2.05, 4.69) is 313 Å². The van der Waals surface area contributed by atoms with Crippen molar-refractivity contribution in [1.82, 2.24) is 4.57 Å². The molecule has 0 saturated heterocycles. The molecule has 1 aliphatic carbocycles. The molecule has 2 heterocycles. The van der Waals surface area contributed by atoms with Crippen LogP contribution < -0.4 is 9.64 Å². The minimum Gasteiger partial charge on any atom is -0.453 e. The lowest BCUT2D eigenvalue weighted by molar-refractivity contribution is 0.477. The third kappa shape index (κ3) is 6.63. The topological polar surface area (TPSA) is 17.4 Å². The lowest BCUT2D eigenvalue weighted by Gasteiger charge is -2.35. The molecule has 3 nitrogen and oxygen atoms in total. The predicted octanol–water partition coefficient (Wildman–Crippen LogP) is 21.8. The van der Waals surface area contributed by atoms with Gasteiger partial charge in [-0.3, -0.25) is 0 Å². The fourth-order valence-corrected chi connectivity index (χ4v) is 14.8. The summed E-state index contributed by atoms with van der Waals surface area (Å²) in [7, 11) is 0. The Balaban J connectivity index is 0.804. The van der Waals surface area contributed by atoms with Crippen LogP contribution in [0.1, 0.15) is 22.3 Å². The summed E-state index contributed by atoms with van der Waals surface area (Å²) in [5.41, 5.74) is 20.7. The first-order chi connectivity index (χ1) is 41.7. The number of rotatable bonds is 7. The van der Waals surface area contributed by atoms with Gasteiger partial charge >= 0.3 is 0 Å². The summed E-state index contributed by atoms with van der Waals surface area (Å²) < 4.78 is 9.59. The Bertz CT molecular complexity index is 5290. The number of fused-ring (bicyclic) bond motifs is 11. The molecule has 0 bridgehead atoms. The van der Waals surface area contributed by atoms with Gasteiger partial charge < -0.3 is 14.2 Å². The van der Waals surface area contributed by atoms with Gasteiger partial charge in [0.2, 0.25) is 0 Å². The molecule has 84 heavy (non-hydrogen) atoms. The van der Waals surface area contributed by atoms with Crippen molar-refractivity contribution in [2.24, 2.45) is 0 Å². The molecule has 2 aliphatic rings. The monoisotopic (exact) mass is 1070 g/mol. The molecule has 0 amide bonds. The van der Waals surface area contributed by atoms with Crippen LogP contribution >= 0.6 is 0 Å². The fourth-order valence-electron chi connectivity index (χ4n) is 14.8. The van der Waals surface area contributed by atoms with Gasteiger partial charge in [0, 0.05) is 21.8 Å². The third-order valence-electron chi connectivity index (χ3n) is 18.4. The minimum absolute atomic E-state index is 0.555. The first-order valence-electron chi connectivity index (χ1n) is 29.1. The molecule has 0 atom stereocenters. The first kappa shape index (κ1) is 46.7. The highest BCUT2D eigenvalue weighted by molar-refractivity contribution is 6.31. The maximum Gasteiger partial charge on any atom is 0.152 e. The van der Waals surface area contributed by atoms with Crippen molar-refractivity contribution in [3.8, 4) is 61.7 Å². The van der Waals surface area contributed by atoms with E-state index in [-0.39, 0.29) is 0 Å². The molecule has 1 aliphatic heterocycles. The van der Waals surface area contributed by atoms with Crippen LogP contribution in [0.3, 0.4) is 0 Å². The molecule has 0 radical (unpaired) electrons. The van der Waals surface area contributed by atoms with Crippen molar-refractivity contribution < 1.29 is 4.74 Å². The number of benzene rings is 15. The highest BCUT2D eigenvalue weighted by Crippen LogP contribution is 2.62. The molecular formula is C81H50N2O. The minimum atomic E-state index is -0.555. The Kier molecular flexibility index (Phi) is 10.0. The molecule has 390 valence electrons. The van der Waals surface area contributed by atoms with Gasteiger partial charge in [-0.25, -0.2) is 0 Å². The first-order valence-corrected chi connectivity index (χ1v) is 29.1. The molecule has 0 fully saturated rings. The summed E-state index contributed by atoms with van der Waals surface area (Å²) >= 11 is 0. The van der Waals surface area contributed by atoms with Crippen LogP contribution in [0.2, 0.25) is 0 Å². The van der Waals surface area contributed by atoms with E-state index in [1.54, 1.807) is 0 Å². The number of ether oxygens (including phenoxy) is 1. The summed E-state index contributed by atoms with van der Waals surface area (Å²) in [4.78, 5) is 2.35. The Morgan fingerprint density at radius 1 is 0.298 bits per heavy atom. The van der Waals surface area contributed by atoms with Crippen LogP contribution in [0, 0.1) is 0 Å². The maximum atomic E-state index is 7.07. The lowest BCUT2D eigenvalue weighted by Crippen LogP contribution is -2.28. The second-order valence-electron chi connectivity index (χ2n) is 22.6. The Labute approximate surface area is 486 Å². The second-order valence-corrected chi connectivity index (χ2v) is 22.6. The summed E-state index contributed by atoms with van der Waals surface area (Å²) in [5.74, 6) is 1.61. The highest BCUT2D eigenvalue weighted by atomic mass is 16.5. The number of nitrogens with zero attached hydrogens (tertiary/aromatic N) is 2. The largest absolute Gasteiger partial charge is 0.453 e. The fraction of sp³-hybridized carbons (Fsp3) is 0.0123. The normalized spacial score (nSPS) is 13.2. The Morgan fingerprint density at radius 2 is 0.833 bits per heavy atom. The van der Waals surface area contributed by atoms with Crippen LogP contribution in [0.4, 0.5) is 17.1 Å². The van der Waals surface area contributed by atoms with Crippen LogP contribution in [-0.2, 0) is 5.41 Å². The van der Waals surface area contributed by atoms with Crippen molar-refractivity contribution in [3.05, 3.63) is 326 Å². The van der Waals surface area contributed by atoms with Crippen molar-refractivity contribution >= 4 is 82.0 Å². The van der Waals surface area contributed by atoms with Gasteiger partial charge in [-0.15, -0.1) is 0 Å². The zero-order valence-corrected chi connectivity index (χ0v) is 45.7. The third-order valence-corrected chi connectivity index (χ3v) is 18.4. The van der Waals surface area contributed by atoms with Gasteiger partial charge in [-0.2, -0.15) is 0 Å². The summed E-state index contributed by atoms with van der Waals surface area (Å²) in [5, 5.41) is 12.5. The predicted molar refractivity (Wildman–Crippen MR) is 350 cm³/mol. The van der Waals surface area contributed by atoms with Gasteiger partial charge in [-0.05, 0) is 165 Å². The molecule has 18 rings (SSSR count). The van der Waals surface area contributed by atoms with Crippen molar-refractivity contribution in [3.63, 3.8) is 0 Å². The summed E-state index contributed by atoms with van der Waals surface area (Å²) in [6.07, 6.45) is 0. The van der Waals surface area contributed by atoms with Gasteiger partial charge in [0.25, 0.3) is 0 Å². The highest BCUT2D eigenvalue weighted by Gasteiger charge is 2.48. The zero-order chi connectivity index (χ0) is 55.0. The standard InChI is InChI=1S/C81H50N2O/c1-4-19-51(20-5-1)55-40-45-72-75(49-55)84-76-50-56(41-46-73(76)82(72)60-42-37-53(38-43-60)62-31-16-22-52-21-10-11-28-61(52)62)54-39-44-71-68(47-54)63-29-13-15-36-70(63)83(71)74-48-57-23-17-33-66-77(57)78-65(74)32-18-34-67(78)80-79(66)64-30-12-14-35-69(64)81(80,58-24-6-2-7-25-58)59-26-8-3-9-27-59/h1-50H. The number of hydrogen-bond acceptors (Lipinski definition) is 2. The number of aromatic nitrogens is 1. The van der Waals surface area contributed by atoms with E-state index in [1.807, 2.05) is 0 Å². The molecule has 0 spiro atoms. The molecule has 1 aromatic heterocycles. The average Bonchev–Trinajstić information content (AvgIpc) is 1.97. The van der Waals surface area contributed by atoms with E-state index in [0.29, 0.717) is 0 Å². The number of hydrogen-bond donors (Lipinski definition) is 0. The lowest BCUT2D eigenvalue weighted by atomic mass is 9.66. The molecule has 0 unspecified atom stereocenters. The van der Waals surface area contributed by atoms with E-state index in [0.717, 1.165) is 56.3 Å². The molecule has 16 aromatic rings. The van der Waals surface area contributed by atoms with Crippen molar-refractivity contribution in [2.45, 2.75) is 5.41 Å². The van der Waals surface area contributed by atoms with Crippen molar-refractivity contribution in [1.29, 1.82) is 0 Å². The Morgan fingerprint density at radius 3 is 1.61 bits per heavy atom. The average molecular weight is 1070 g/mol. The van der Waals surface area contributed by atoms with E-state index in [1.165, 1.54) is 110 Å². The quantitative estimate of drug-likeness (QED) is 0.148. The Hall–Kier alpha value is -11.0. The van der Waals surface area contributed by atoms with Crippen LogP contribution in [-0.4, -0.2) is 4.57 Å². The number of para-hydroxylation sites is 1. The summed E-state index contributed by atoms with van der Waals surface area (Å²) in [6, 6.07) is 112. The molecule has 0 N–H and O–H groups in total. The van der Waals surface area contributed by atoms with Gasteiger partial charge in [0.1, 0.15) is 0 Å². The second kappa shape index (κ2) is 18.0. The van der Waals surface area contributed by atoms with E-state index >= 15 is 0 Å². The molecule has 0 saturated carbocycles. The smallest absolute Gasteiger partial charge is 0.152 e. The van der Waals surface area contributed by atoms with E-state index < -0.39 is 5.41 Å². The number of anilines is 3. The summed E-state index contributed by atoms with van der Waals surface area (Å²) in [6.45, 7) is 0. The van der Waals surface area contributed by atoms with Gasteiger partial charge in [0.15, 0.2) is 11.5 Å². The van der Waals surface area contributed by atoms with Crippen LogP contribution in [0.25, 0.3) is 115 Å². The van der Waals surface area contributed by atoms with E-state index in [4.69, 9.17) is 4.74 Å². The van der Waals surface area contributed by atoms with Crippen molar-refractivity contribution in [2.75, 3.05) is 4.90 Å². The van der Waals surface area contributed by atoms with Gasteiger partial charge in [0.05, 0.1) is 33.5 Å². The molecule has 3 heteroatoms. The van der Waals surface area contributed by atoms with E-state index in [9.17, 15) is 0 Å². The van der Waals surface area contributed by atoms with Crippen LogP contribution in [0.5, 0.6) is 11.5 Å².